The second kappa shape index (κ2) is 4.63. The number of nitrogens with two attached hydrogens (primary N) is 1. The molecule has 0 atom stereocenters. The first-order valence-corrected chi connectivity index (χ1v) is 4.90. The van der Waals surface area contributed by atoms with Crippen molar-refractivity contribution < 1.29 is 9.32 Å². The number of carbonyl (C=O) groups is 1. The van der Waals surface area contributed by atoms with Crippen LogP contribution in [-0.2, 0) is 0 Å². The Morgan fingerprint density at radius 1 is 1.44 bits per heavy atom. The molecule has 2 amide bonds. The average molecular weight is 220 g/mol. The number of aromatic nitrogens is 1. The van der Waals surface area contributed by atoms with Crippen LogP contribution in [0.25, 0.3) is 11.0 Å². The number of hydrogen-bond acceptors (Lipinski definition) is 4. The lowest BCUT2D eigenvalue weighted by atomic mass is 10.2. The Bertz CT molecular complexity index is 494. The number of anilines is 1. The molecule has 0 bridgehead atoms. The summed E-state index contributed by atoms with van der Waals surface area (Å²) >= 11 is 0. The highest BCUT2D eigenvalue weighted by Gasteiger charge is 2.09. The molecule has 0 radical (unpaired) electrons. The first-order valence-electron chi connectivity index (χ1n) is 4.90. The third-order valence-electron chi connectivity index (χ3n) is 2.04. The predicted molar refractivity (Wildman–Crippen MR) is 60.1 cm³/mol. The van der Waals surface area contributed by atoms with Crippen LogP contribution in [0.15, 0.2) is 28.8 Å². The van der Waals surface area contributed by atoms with Gasteiger partial charge in [-0.25, -0.2) is 4.79 Å². The minimum Gasteiger partial charge on any atom is -0.354 e. The fourth-order valence-electron chi connectivity index (χ4n) is 1.31. The summed E-state index contributed by atoms with van der Waals surface area (Å²) in [6, 6.07) is 6.95. The molecular weight excluding hydrogens is 208 g/mol. The number of rotatable bonds is 3. The fraction of sp³-hybridized carbons (Fsp3) is 0.200. The Balaban J connectivity index is 2.12. The number of fused-ring (bicyclic) bond motifs is 1. The molecule has 6 heteroatoms. The van der Waals surface area contributed by atoms with Gasteiger partial charge in [-0.2, -0.15) is 0 Å². The van der Waals surface area contributed by atoms with E-state index in [1.165, 1.54) is 0 Å². The van der Waals surface area contributed by atoms with Crippen molar-refractivity contribution in [2.24, 2.45) is 5.73 Å². The Morgan fingerprint density at radius 3 is 3.06 bits per heavy atom. The molecule has 1 aromatic carbocycles. The Hall–Kier alpha value is -2.08. The molecule has 0 saturated heterocycles. The topological polar surface area (TPSA) is 93.2 Å². The number of nitrogens with zero attached hydrogens (tertiary/aromatic N) is 1. The van der Waals surface area contributed by atoms with Gasteiger partial charge < -0.3 is 15.6 Å². The lowest BCUT2D eigenvalue weighted by Gasteiger charge is -2.02. The number of urea groups is 1. The molecule has 0 aliphatic heterocycles. The number of nitrogens with one attached hydrogen (secondary N) is 2. The Morgan fingerprint density at radius 2 is 2.25 bits per heavy atom. The van der Waals surface area contributed by atoms with E-state index in [2.05, 4.69) is 15.8 Å². The monoisotopic (exact) mass is 220 g/mol. The van der Waals surface area contributed by atoms with Gasteiger partial charge in [-0.05, 0) is 12.1 Å². The second-order valence-electron chi connectivity index (χ2n) is 3.20. The highest BCUT2D eigenvalue weighted by Crippen LogP contribution is 2.21. The van der Waals surface area contributed by atoms with Crippen molar-refractivity contribution in [3.8, 4) is 0 Å². The molecule has 2 rings (SSSR count). The maximum Gasteiger partial charge on any atom is 0.320 e. The van der Waals surface area contributed by atoms with Crippen LogP contribution < -0.4 is 16.4 Å². The van der Waals surface area contributed by atoms with Gasteiger partial charge in [-0.15, -0.1) is 0 Å². The molecule has 4 N–H and O–H groups in total. The molecule has 0 spiro atoms. The zero-order chi connectivity index (χ0) is 11.4. The van der Waals surface area contributed by atoms with Crippen molar-refractivity contribution in [1.29, 1.82) is 0 Å². The van der Waals surface area contributed by atoms with E-state index in [4.69, 9.17) is 10.3 Å². The summed E-state index contributed by atoms with van der Waals surface area (Å²) in [6.07, 6.45) is 0. The maximum absolute atomic E-state index is 11.4. The zero-order valence-corrected chi connectivity index (χ0v) is 8.56. The number of benzene rings is 1. The quantitative estimate of drug-likeness (QED) is 0.716. The summed E-state index contributed by atoms with van der Waals surface area (Å²) in [5.74, 6) is 0.408. The van der Waals surface area contributed by atoms with Crippen molar-refractivity contribution in [3.63, 3.8) is 0 Å². The van der Waals surface area contributed by atoms with Crippen molar-refractivity contribution in [1.82, 2.24) is 10.5 Å². The van der Waals surface area contributed by atoms with Crippen LogP contribution in [-0.4, -0.2) is 24.3 Å². The van der Waals surface area contributed by atoms with Crippen molar-refractivity contribution in [2.75, 3.05) is 18.4 Å². The van der Waals surface area contributed by atoms with Gasteiger partial charge in [0.15, 0.2) is 11.4 Å². The summed E-state index contributed by atoms with van der Waals surface area (Å²) < 4.78 is 5.04. The summed E-state index contributed by atoms with van der Waals surface area (Å²) in [7, 11) is 0. The molecule has 0 aliphatic rings. The lowest BCUT2D eigenvalue weighted by molar-refractivity contribution is 0.252. The van der Waals surface area contributed by atoms with E-state index >= 15 is 0 Å². The molecule has 1 aromatic heterocycles. The summed E-state index contributed by atoms with van der Waals surface area (Å²) in [5, 5.41) is 9.70. The van der Waals surface area contributed by atoms with E-state index in [1.807, 2.05) is 18.2 Å². The normalized spacial score (nSPS) is 10.3. The first kappa shape index (κ1) is 10.4. The Labute approximate surface area is 91.8 Å². The lowest BCUT2D eigenvalue weighted by Crippen LogP contribution is -2.32. The summed E-state index contributed by atoms with van der Waals surface area (Å²) in [6.45, 7) is 0.814. The molecule has 84 valence electrons. The van der Waals surface area contributed by atoms with Crippen LogP contribution >= 0.6 is 0 Å². The van der Waals surface area contributed by atoms with Crippen LogP contribution in [0.5, 0.6) is 0 Å². The molecule has 16 heavy (non-hydrogen) atoms. The van der Waals surface area contributed by atoms with Gasteiger partial charge in [0.2, 0.25) is 0 Å². The van der Waals surface area contributed by atoms with Gasteiger partial charge in [0.1, 0.15) is 0 Å². The van der Waals surface area contributed by atoms with Crippen molar-refractivity contribution in [2.45, 2.75) is 0 Å². The second-order valence-corrected chi connectivity index (χ2v) is 3.20. The van der Waals surface area contributed by atoms with E-state index in [0.717, 1.165) is 5.39 Å². The van der Waals surface area contributed by atoms with Crippen LogP contribution in [0.1, 0.15) is 0 Å². The summed E-state index contributed by atoms with van der Waals surface area (Å²) in [4.78, 5) is 11.4. The number of carbonyl (C=O) groups excluding carboxylic acids is 1. The zero-order valence-electron chi connectivity index (χ0n) is 8.56. The first-order chi connectivity index (χ1) is 7.81. The predicted octanol–water partition coefficient (Wildman–Crippen LogP) is 0.908. The number of para-hydroxylation sites is 1. The Kier molecular flexibility index (Phi) is 3.02. The van der Waals surface area contributed by atoms with Gasteiger partial charge in [0, 0.05) is 13.1 Å². The third kappa shape index (κ3) is 2.12. The highest BCUT2D eigenvalue weighted by molar-refractivity contribution is 5.97. The van der Waals surface area contributed by atoms with Crippen LogP contribution in [0.3, 0.4) is 0 Å². The third-order valence-corrected chi connectivity index (χ3v) is 2.04. The highest BCUT2D eigenvalue weighted by atomic mass is 16.5. The minimum atomic E-state index is -0.343. The molecule has 2 aromatic rings. The largest absolute Gasteiger partial charge is 0.354 e. The van der Waals surface area contributed by atoms with Crippen LogP contribution in [0.2, 0.25) is 0 Å². The average Bonchev–Trinajstić information content (AvgIpc) is 2.70. The molecule has 0 fully saturated rings. The SMILES string of the molecule is NCCNC(=O)Nc1noc2ccccc12. The molecular formula is C10H12N4O2. The maximum atomic E-state index is 11.4. The van der Waals surface area contributed by atoms with E-state index in [9.17, 15) is 4.79 Å². The number of hydrogen-bond donors (Lipinski definition) is 3. The minimum absolute atomic E-state index is 0.343. The fourth-order valence-corrected chi connectivity index (χ4v) is 1.31. The standard InChI is InChI=1S/C10H12N4O2/c11-5-6-12-10(15)13-9-7-3-1-2-4-8(7)16-14-9/h1-4H,5-6,11H2,(H2,12,13,14,15). The van der Waals surface area contributed by atoms with Gasteiger partial charge in [-0.1, -0.05) is 17.3 Å². The van der Waals surface area contributed by atoms with E-state index < -0.39 is 0 Å². The molecule has 6 nitrogen and oxygen atoms in total. The van der Waals surface area contributed by atoms with Crippen LogP contribution in [0, 0.1) is 0 Å². The molecule has 0 aliphatic carbocycles. The van der Waals surface area contributed by atoms with Crippen molar-refractivity contribution in [3.05, 3.63) is 24.3 Å². The smallest absolute Gasteiger partial charge is 0.320 e. The van der Waals surface area contributed by atoms with Gasteiger partial charge in [-0.3, -0.25) is 5.32 Å². The number of amides is 2. The van der Waals surface area contributed by atoms with E-state index in [-0.39, 0.29) is 6.03 Å². The van der Waals surface area contributed by atoms with Crippen LogP contribution in [0.4, 0.5) is 10.6 Å². The van der Waals surface area contributed by atoms with Gasteiger partial charge in [0.05, 0.1) is 5.39 Å². The van der Waals surface area contributed by atoms with E-state index in [1.54, 1.807) is 6.07 Å². The van der Waals surface area contributed by atoms with Crippen molar-refractivity contribution >= 4 is 22.8 Å². The summed E-state index contributed by atoms with van der Waals surface area (Å²) in [5.41, 5.74) is 5.90. The molecule has 0 saturated carbocycles. The van der Waals surface area contributed by atoms with E-state index in [0.29, 0.717) is 24.5 Å². The molecule has 1 heterocycles. The van der Waals surface area contributed by atoms with Gasteiger partial charge in [0.25, 0.3) is 0 Å². The molecule has 0 unspecified atom stereocenters. The van der Waals surface area contributed by atoms with Gasteiger partial charge >= 0.3 is 6.03 Å².